The van der Waals surface area contributed by atoms with Gasteiger partial charge in [0.15, 0.2) is 5.78 Å². The molecule has 2 saturated carbocycles. The zero-order valence-corrected chi connectivity index (χ0v) is 21.9. The van der Waals surface area contributed by atoms with E-state index in [4.69, 9.17) is 0 Å². The molecule has 1 nitrogen and oxygen atoms in total. The van der Waals surface area contributed by atoms with Gasteiger partial charge >= 0.3 is 0 Å². The summed E-state index contributed by atoms with van der Waals surface area (Å²) in [4.78, 5) is 11.2. The van der Waals surface area contributed by atoms with Gasteiger partial charge in [0.1, 0.15) is 0 Å². The predicted molar refractivity (Wildman–Crippen MR) is 141 cm³/mol. The van der Waals surface area contributed by atoms with Crippen LogP contribution in [-0.2, 0) is 0 Å². The molecule has 0 bridgehead atoms. The second kappa shape index (κ2) is 12.7. The van der Waals surface area contributed by atoms with Crippen molar-refractivity contribution in [3.8, 4) is 0 Å². The van der Waals surface area contributed by atoms with Gasteiger partial charge in [-0.2, -0.15) is 0 Å². The van der Waals surface area contributed by atoms with Crippen LogP contribution < -0.4 is 0 Å². The standard InChI is InChI=1S/C16H22O.C14H19Br/c1-3-13-4-6-15(7-5-13)16-10-8-14(9-11-16)12(2)17;1-2-11-3-5-12(6-4-11)13-7-9-14(15)10-8-13/h8-11,13,15H,3-7H2,1-2H3;7-12H,2-6H2,1H3. The smallest absolute Gasteiger partial charge is 0.159 e. The van der Waals surface area contributed by atoms with Crippen molar-refractivity contribution in [2.45, 2.75) is 96.8 Å². The Morgan fingerprint density at radius 3 is 1.41 bits per heavy atom. The Kier molecular flexibility index (Phi) is 10.0. The Balaban J connectivity index is 0.000000182. The highest BCUT2D eigenvalue weighted by Crippen LogP contribution is 2.38. The molecule has 0 radical (unpaired) electrons. The maximum absolute atomic E-state index is 11.2. The third kappa shape index (κ3) is 7.30. The van der Waals surface area contributed by atoms with E-state index in [-0.39, 0.29) is 5.78 Å². The third-order valence-electron chi connectivity index (χ3n) is 7.98. The number of benzene rings is 2. The lowest BCUT2D eigenvalue weighted by molar-refractivity contribution is 0.101. The Labute approximate surface area is 204 Å². The molecule has 0 unspecified atom stereocenters. The van der Waals surface area contributed by atoms with Crippen LogP contribution >= 0.6 is 15.9 Å². The lowest BCUT2D eigenvalue weighted by atomic mass is 9.78. The van der Waals surface area contributed by atoms with Crippen molar-refractivity contribution in [2.24, 2.45) is 11.8 Å². The number of rotatable bonds is 5. The highest BCUT2D eigenvalue weighted by atomic mass is 79.9. The van der Waals surface area contributed by atoms with E-state index in [1.54, 1.807) is 6.92 Å². The summed E-state index contributed by atoms with van der Waals surface area (Å²) in [5, 5.41) is 0. The van der Waals surface area contributed by atoms with Crippen LogP contribution in [0.3, 0.4) is 0 Å². The SMILES string of the molecule is CCC1CCC(c2ccc(Br)cc2)CC1.CCC1CCC(c2ccc(C(C)=O)cc2)CC1. The van der Waals surface area contributed by atoms with Gasteiger partial charge in [0, 0.05) is 10.0 Å². The minimum atomic E-state index is 0.159. The van der Waals surface area contributed by atoms with Crippen LogP contribution in [0.4, 0.5) is 0 Å². The summed E-state index contributed by atoms with van der Waals surface area (Å²) in [6.45, 7) is 6.25. The lowest BCUT2D eigenvalue weighted by Crippen LogP contribution is -2.12. The van der Waals surface area contributed by atoms with Gasteiger partial charge in [-0.1, -0.05) is 79.0 Å². The first-order valence-corrected chi connectivity index (χ1v) is 13.7. The van der Waals surface area contributed by atoms with E-state index >= 15 is 0 Å². The van der Waals surface area contributed by atoms with Crippen molar-refractivity contribution >= 4 is 21.7 Å². The Morgan fingerprint density at radius 1 is 0.688 bits per heavy atom. The van der Waals surface area contributed by atoms with Crippen molar-refractivity contribution in [3.05, 3.63) is 69.7 Å². The summed E-state index contributed by atoms with van der Waals surface area (Å²) in [5.74, 6) is 3.64. The first kappa shape index (κ1) is 25.2. The van der Waals surface area contributed by atoms with Crippen LogP contribution in [0.1, 0.15) is 118 Å². The zero-order chi connectivity index (χ0) is 22.9. The molecule has 2 aromatic carbocycles. The van der Waals surface area contributed by atoms with Gasteiger partial charge in [-0.3, -0.25) is 4.79 Å². The molecule has 2 aliphatic carbocycles. The van der Waals surface area contributed by atoms with Crippen LogP contribution in [-0.4, -0.2) is 5.78 Å². The fourth-order valence-corrected chi connectivity index (χ4v) is 5.80. The van der Waals surface area contributed by atoms with Crippen LogP contribution in [0.25, 0.3) is 0 Å². The molecule has 174 valence electrons. The normalized spacial score (nSPS) is 25.5. The number of halogens is 1. The van der Waals surface area contributed by atoms with E-state index in [2.05, 4.69) is 66.2 Å². The molecular weight excluding hydrogens is 456 g/mol. The molecule has 2 fully saturated rings. The Bertz CT molecular complexity index is 807. The predicted octanol–water partition coefficient (Wildman–Crippen LogP) is 9.71. The maximum atomic E-state index is 11.2. The van der Waals surface area contributed by atoms with Crippen LogP contribution in [0.5, 0.6) is 0 Å². The van der Waals surface area contributed by atoms with Crippen molar-refractivity contribution < 1.29 is 4.79 Å². The molecule has 2 aliphatic rings. The molecule has 2 aromatic rings. The number of ketones is 1. The third-order valence-corrected chi connectivity index (χ3v) is 8.51. The maximum Gasteiger partial charge on any atom is 0.159 e. The highest BCUT2D eigenvalue weighted by molar-refractivity contribution is 9.10. The number of hydrogen-bond donors (Lipinski definition) is 0. The van der Waals surface area contributed by atoms with Gasteiger partial charge in [-0.05, 0) is 105 Å². The highest BCUT2D eigenvalue weighted by Gasteiger charge is 2.22. The fraction of sp³-hybridized carbons (Fsp3) is 0.567. The summed E-state index contributed by atoms with van der Waals surface area (Å²) >= 11 is 3.49. The topological polar surface area (TPSA) is 17.1 Å². The molecule has 0 saturated heterocycles. The minimum Gasteiger partial charge on any atom is -0.295 e. The first-order valence-electron chi connectivity index (χ1n) is 12.9. The molecule has 4 rings (SSSR count). The summed E-state index contributed by atoms with van der Waals surface area (Å²) in [5.41, 5.74) is 3.79. The minimum absolute atomic E-state index is 0.159. The molecule has 0 spiro atoms. The first-order chi connectivity index (χ1) is 15.5. The number of carbonyl (C=O) groups excluding carboxylic acids is 1. The molecular formula is C30H41BrO. The van der Waals surface area contributed by atoms with E-state index in [0.717, 1.165) is 29.2 Å². The second-order valence-corrected chi connectivity index (χ2v) is 10.9. The molecule has 2 heteroatoms. The second-order valence-electron chi connectivity index (χ2n) is 9.98. The number of Topliss-reactive ketones (excluding diaryl/α,β-unsaturated/α-hetero) is 1. The molecule has 32 heavy (non-hydrogen) atoms. The van der Waals surface area contributed by atoms with Crippen molar-refractivity contribution in [1.29, 1.82) is 0 Å². The zero-order valence-electron chi connectivity index (χ0n) is 20.3. The number of carbonyl (C=O) groups is 1. The van der Waals surface area contributed by atoms with Crippen LogP contribution in [0.15, 0.2) is 53.0 Å². The van der Waals surface area contributed by atoms with E-state index < -0.39 is 0 Å². The van der Waals surface area contributed by atoms with Crippen molar-refractivity contribution in [3.63, 3.8) is 0 Å². The van der Waals surface area contributed by atoms with Crippen LogP contribution in [0.2, 0.25) is 0 Å². The Hall–Kier alpha value is -1.41. The number of hydrogen-bond acceptors (Lipinski definition) is 1. The van der Waals surface area contributed by atoms with Crippen molar-refractivity contribution in [2.75, 3.05) is 0 Å². The van der Waals surface area contributed by atoms with E-state index in [1.165, 1.54) is 79.8 Å². The van der Waals surface area contributed by atoms with Gasteiger partial charge in [0.05, 0.1) is 0 Å². The summed E-state index contributed by atoms with van der Waals surface area (Å²) < 4.78 is 1.19. The molecule has 0 atom stereocenters. The van der Waals surface area contributed by atoms with Gasteiger partial charge in [-0.25, -0.2) is 0 Å². The fourth-order valence-electron chi connectivity index (χ4n) is 5.53. The summed E-state index contributed by atoms with van der Waals surface area (Å²) in [7, 11) is 0. The van der Waals surface area contributed by atoms with Gasteiger partial charge in [0.25, 0.3) is 0 Å². The largest absolute Gasteiger partial charge is 0.295 e. The van der Waals surface area contributed by atoms with E-state index in [0.29, 0.717) is 0 Å². The quantitative estimate of drug-likeness (QED) is 0.376. The molecule has 0 heterocycles. The molecule has 0 aliphatic heterocycles. The molecule has 0 N–H and O–H groups in total. The van der Waals surface area contributed by atoms with Gasteiger partial charge in [-0.15, -0.1) is 0 Å². The van der Waals surface area contributed by atoms with Gasteiger partial charge in [0.2, 0.25) is 0 Å². The van der Waals surface area contributed by atoms with E-state index in [1.807, 2.05) is 12.1 Å². The van der Waals surface area contributed by atoms with Gasteiger partial charge < -0.3 is 0 Å². The van der Waals surface area contributed by atoms with Crippen molar-refractivity contribution in [1.82, 2.24) is 0 Å². The summed E-state index contributed by atoms with van der Waals surface area (Å²) in [6, 6.07) is 17.1. The lowest BCUT2D eigenvalue weighted by Gasteiger charge is -2.28. The molecule has 0 amide bonds. The average Bonchev–Trinajstić information content (AvgIpc) is 2.85. The molecule has 0 aromatic heterocycles. The van der Waals surface area contributed by atoms with Crippen LogP contribution in [0, 0.1) is 11.8 Å². The monoisotopic (exact) mass is 496 g/mol. The van der Waals surface area contributed by atoms with E-state index in [9.17, 15) is 4.79 Å². The average molecular weight is 498 g/mol. The summed E-state index contributed by atoms with van der Waals surface area (Å²) in [6.07, 6.45) is 13.7. The Morgan fingerprint density at radius 2 is 1.06 bits per heavy atom.